The van der Waals surface area contributed by atoms with Gasteiger partial charge in [-0.2, -0.15) is 0 Å². The molecule has 8 aliphatic carbocycles. The Labute approximate surface area is 401 Å². The molecule has 0 radical (unpaired) electrons. The van der Waals surface area contributed by atoms with Crippen LogP contribution in [0.4, 0.5) is 37.7 Å². The molecule has 0 spiro atoms. The van der Waals surface area contributed by atoms with Crippen LogP contribution in [0.25, 0.3) is 0 Å². The fourth-order valence-corrected chi connectivity index (χ4v) is 16.9. The highest BCUT2D eigenvalue weighted by molar-refractivity contribution is 9.09. The lowest BCUT2D eigenvalue weighted by Gasteiger charge is -2.59. The number of nitrogen functional groups attached to an aromatic ring is 1. The second-order valence-electron chi connectivity index (χ2n) is 23.6. The van der Waals surface area contributed by atoms with E-state index in [0.29, 0.717) is 73.3 Å². The molecule has 8 fully saturated rings. The number of alkyl halides is 3. The summed E-state index contributed by atoms with van der Waals surface area (Å²) in [6.07, 6.45) is 14.5. The molecular formula is C54H73BrF6N2O4. The molecule has 10 rings (SSSR count). The lowest BCUT2D eigenvalue weighted by Crippen LogP contribution is -2.58. The Morgan fingerprint density at radius 2 is 1.07 bits per heavy atom. The van der Waals surface area contributed by atoms with E-state index in [4.69, 9.17) is 5.73 Å². The van der Waals surface area contributed by atoms with Crippen LogP contribution in [0.1, 0.15) is 143 Å². The molecule has 8 saturated carbocycles. The van der Waals surface area contributed by atoms with Crippen molar-refractivity contribution in [2.24, 2.45) is 70.0 Å². The van der Waals surface area contributed by atoms with Crippen LogP contribution >= 0.6 is 15.9 Å². The van der Waals surface area contributed by atoms with Gasteiger partial charge in [0, 0.05) is 24.0 Å². The Bertz CT molecular complexity index is 2160. The van der Waals surface area contributed by atoms with E-state index in [9.17, 15) is 37.4 Å². The minimum Gasteiger partial charge on any atom is -0.396 e. The highest BCUT2D eigenvalue weighted by Gasteiger charge is 2.65. The van der Waals surface area contributed by atoms with Gasteiger partial charge >= 0.3 is 0 Å². The first-order valence-electron chi connectivity index (χ1n) is 25.3. The molecule has 0 aliphatic heterocycles. The van der Waals surface area contributed by atoms with E-state index in [1.807, 2.05) is 13.8 Å². The number of Topliss-reactive ketones (excluding diaryl/α,β-unsaturated/α-hetero) is 2. The van der Waals surface area contributed by atoms with Gasteiger partial charge in [-0.25, -0.2) is 26.3 Å². The van der Waals surface area contributed by atoms with Crippen LogP contribution in [0.5, 0.6) is 0 Å². The minimum absolute atomic E-state index is 0.0217. The van der Waals surface area contributed by atoms with Crippen molar-refractivity contribution in [3.05, 3.63) is 59.7 Å². The average Bonchev–Trinajstić information content (AvgIpc) is 3.82. The van der Waals surface area contributed by atoms with Crippen LogP contribution in [0.2, 0.25) is 0 Å². The van der Waals surface area contributed by atoms with E-state index >= 15 is 8.78 Å². The zero-order chi connectivity index (χ0) is 48.5. The van der Waals surface area contributed by atoms with Gasteiger partial charge < -0.3 is 21.3 Å². The van der Waals surface area contributed by atoms with Gasteiger partial charge in [-0.3, -0.25) is 9.59 Å². The van der Waals surface area contributed by atoms with Crippen molar-refractivity contribution >= 4 is 38.9 Å². The van der Waals surface area contributed by atoms with E-state index in [2.05, 4.69) is 35.1 Å². The van der Waals surface area contributed by atoms with Crippen LogP contribution in [-0.2, 0) is 9.59 Å². The topological polar surface area (TPSA) is 113 Å². The first kappa shape index (κ1) is 50.7. The van der Waals surface area contributed by atoms with E-state index in [1.54, 1.807) is 0 Å². The summed E-state index contributed by atoms with van der Waals surface area (Å²) in [5.74, 6) is -0.448. The summed E-state index contributed by atoms with van der Waals surface area (Å²) < 4.78 is 84.1. The molecule has 0 amide bonds. The summed E-state index contributed by atoms with van der Waals surface area (Å²) in [6, 6.07) is 6.36. The monoisotopic (exact) mass is 1010 g/mol. The maximum atomic E-state index is 16.5. The summed E-state index contributed by atoms with van der Waals surface area (Å²) in [5.41, 5.74) is 1.39. The predicted octanol–water partition coefficient (Wildman–Crippen LogP) is 12.7. The van der Waals surface area contributed by atoms with Crippen LogP contribution < -0.4 is 11.1 Å². The maximum Gasteiger partial charge on any atom is 0.155 e. The number of anilines is 2. The molecule has 0 saturated heterocycles. The molecule has 0 heterocycles. The standard InChI is InChI=1S/C27H36F3NO2.C21H32BrFO2.C6H5F2N/c1-25(33)11-12-27(30)16(14-25)3-5-18-19-6-7-21(26(19,2)10-9-20(18)27)24(32)15-31-23-8-4-17(28)13-22(23)29;1-19(25)9-10-21(23)13(11-19)3-4-14-15-5-6-17(18(24)12-22)20(15,2)8-7-16(14)21;7-4-1-2-6(9)5(8)3-4/h4,8,13,16,18-21,31,33H,3,5-7,9-12,14-15H2,1-2H3;13-17,25H,3-12H2,1-2H3;1-3H,9H2/t16-,18+,19+,20?,21-,25-,26+,27-;13-,14+,15+,16?,17-,19-,20+,21-;/m11./s1. The molecule has 6 nitrogen and oxygen atoms in total. The Kier molecular flexibility index (Phi) is 14.3. The van der Waals surface area contributed by atoms with Crippen LogP contribution in [0.3, 0.4) is 0 Å². The van der Waals surface area contributed by atoms with E-state index in [1.165, 1.54) is 18.2 Å². The third kappa shape index (κ3) is 9.51. The highest BCUT2D eigenvalue weighted by Crippen LogP contribution is 2.68. The number of rotatable bonds is 6. The number of nitrogens with one attached hydrogen (secondary N) is 1. The number of ketones is 2. The van der Waals surface area contributed by atoms with Gasteiger partial charge in [-0.15, -0.1) is 0 Å². The summed E-state index contributed by atoms with van der Waals surface area (Å²) in [7, 11) is 0. The van der Waals surface area contributed by atoms with Crippen molar-refractivity contribution in [3.8, 4) is 0 Å². The van der Waals surface area contributed by atoms with E-state index in [0.717, 1.165) is 95.2 Å². The van der Waals surface area contributed by atoms with E-state index < -0.39 is 45.8 Å². The number of halogens is 7. The van der Waals surface area contributed by atoms with Gasteiger partial charge in [0.15, 0.2) is 5.78 Å². The molecule has 16 atom stereocenters. The molecule has 372 valence electrons. The number of aliphatic hydroxyl groups is 2. The molecular weight excluding hydrogens is 934 g/mol. The smallest absolute Gasteiger partial charge is 0.155 e. The molecule has 2 unspecified atom stereocenters. The third-order valence-corrected chi connectivity index (χ3v) is 20.4. The lowest BCUT2D eigenvalue weighted by molar-refractivity contribution is -0.165. The Morgan fingerprint density at radius 3 is 1.52 bits per heavy atom. The molecule has 0 bridgehead atoms. The Balaban J connectivity index is 0.000000157. The number of hydrogen-bond donors (Lipinski definition) is 4. The molecule has 8 aliphatic rings. The van der Waals surface area contributed by atoms with Gasteiger partial charge in [0.2, 0.25) is 0 Å². The van der Waals surface area contributed by atoms with Crippen molar-refractivity contribution in [2.75, 3.05) is 22.9 Å². The van der Waals surface area contributed by atoms with E-state index in [-0.39, 0.29) is 70.0 Å². The normalized spacial score (nSPS) is 43.8. The van der Waals surface area contributed by atoms with Gasteiger partial charge in [0.1, 0.15) is 40.4 Å². The van der Waals surface area contributed by atoms with Crippen LogP contribution in [0, 0.1) is 93.3 Å². The van der Waals surface area contributed by atoms with Crippen molar-refractivity contribution < 1.29 is 46.1 Å². The zero-order valence-electron chi connectivity index (χ0n) is 39.8. The van der Waals surface area contributed by atoms with Crippen molar-refractivity contribution in [2.45, 2.75) is 166 Å². The summed E-state index contributed by atoms with van der Waals surface area (Å²) in [4.78, 5) is 25.7. The second-order valence-corrected chi connectivity index (χ2v) is 24.2. The first-order chi connectivity index (χ1) is 31.4. The summed E-state index contributed by atoms with van der Waals surface area (Å²) in [6.45, 7) is 8.27. The van der Waals surface area contributed by atoms with Gasteiger partial charge in [-0.05, 0) is 212 Å². The van der Waals surface area contributed by atoms with Gasteiger partial charge in [0.05, 0.1) is 34.5 Å². The fraction of sp³-hybridized carbons (Fsp3) is 0.741. The Morgan fingerprint density at radius 1 is 0.612 bits per heavy atom. The molecule has 0 aromatic heterocycles. The number of benzene rings is 2. The lowest BCUT2D eigenvalue weighted by atomic mass is 9.48. The molecule has 5 N–H and O–H groups in total. The summed E-state index contributed by atoms with van der Waals surface area (Å²) >= 11 is 3.37. The zero-order valence-corrected chi connectivity index (χ0v) is 41.4. The SMILES string of the molecule is C[C@@]1(O)CC[C@]2(F)C3CC[C@]4(C)[C@@H](C(=O)CBr)CC[C@H]4[C@@H]3CC[C@@H]2C1.C[C@@]1(O)CC[C@]2(F)C3CC[C@]4(C)[C@@H](C(=O)CNc5ccc(F)cc5F)CC[C@H]4[C@@H]3CC[C@@H]2C1.Nc1ccc(F)cc1F. The van der Waals surface area contributed by atoms with Crippen molar-refractivity contribution in [3.63, 3.8) is 0 Å². The number of fused-ring (bicyclic) bond motifs is 10. The summed E-state index contributed by atoms with van der Waals surface area (Å²) in [5, 5.41) is 24.3. The van der Waals surface area contributed by atoms with Crippen molar-refractivity contribution in [1.82, 2.24) is 0 Å². The first-order valence-corrected chi connectivity index (χ1v) is 26.4. The molecule has 67 heavy (non-hydrogen) atoms. The van der Waals surface area contributed by atoms with Gasteiger partial charge in [-0.1, -0.05) is 29.8 Å². The maximum absolute atomic E-state index is 16.5. The van der Waals surface area contributed by atoms with Crippen LogP contribution in [0.15, 0.2) is 36.4 Å². The third-order valence-electron chi connectivity index (χ3n) is 19.9. The number of carbonyl (C=O) groups is 2. The highest BCUT2D eigenvalue weighted by atomic mass is 79.9. The number of carbonyl (C=O) groups excluding carboxylic acids is 2. The van der Waals surface area contributed by atoms with Crippen molar-refractivity contribution in [1.29, 1.82) is 0 Å². The number of nitrogens with two attached hydrogens (primary N) is 1. The predicted molar refractivity (Wildman–Crippen MR) is 253 cm³/mol. The number of hydrogen-bond acceptors (Lipinski definition) is 6. The largest absolute Gasteiger partial charge is 0.396 e. The second kappa shape index (κ2) is 18.8. The minimum atomic E-state index is -1.18. The Hall–Kier alpha value is -2.64. The van der Waals surface area contributed by atoms with Gasteiger partial charge in [0.25, 0.3) is 0 Å². The van der Waals surface area contributed by atoms with Crippen LogP contribution in [-0.4, -0.2) is 56.2 Å². The molecule has 2 aromatic rings. The fourth-order valence-electron chi connectivity index (χ4n) is 16.5. The molecule has 2 aromatic carbocycles. The quantitative estimate of drug-likeness (QED) is 0.130. The molecule has 13 heteroatoms. The average molecular weight is 1010 g/mol.